The number of halogens is 2. The van der Waals surface area contributed by atoms with Crippen molar-refractivity contribution in [1.82, 2.24) is 5.32 Å². The minimum atomic E-state index is -0.447. The molecule has 5 heteroatoms. The zero-order valence-electron chi connectivity index (χ0n) is 12.1. The van der Waals surface area contributed by atoms with Crippen molar-refractivity contribution in [3.05, 3.63) is 29.3 Å². The van der Waals surface area contributed by atoms with Gasteiger partial charge < -0.3 is 10.2 Å². The van der Waals surface area contributed by atoms with Crippen molar-refractivity contribution in [2.24, 2.45) is 0 Å². The molecule has 1 unspecified atom stereocenters. The van der Waals surface area contributed by atoms with E-state index in [2.05, 4.69) is 19.2 Å². The van der Waals surface area contributed by atoms with E-state index >= 15 is 0 Å². The third kappa shape index (κ3) is 3.85. The SMILES string of the molecule is CCCNCc1cc(F)c(N2CCSC(C)C2)c(F)c1. The quantitative estimate of drug-likeness (QED) is 0.839. The molecule has 0 aliphatic carbocycles. The van der Waals surface area contributed by atoms with E-state index in [0.717, 1.165) is 18.7 Å². The van der Waals surface area contributed by atoms with E-state index in [1.165, 1.54) is 12.1 Å². The highest BCUT2D eigenvalue weighted by molar-refractivity contribution is 8.00. The lowest BCUT2D eigenvalue weighted by atomic mass is 10.1. The number of nitrogens with one attached hydrogen (secondary N) is 1. The van der Waals surface area contributed by atoms with Crippen LogP contribution >= 0.6 is 11.8 Å². The summed E-state index contributed by atoms with van der Waals surface area (Å²) in [6.07, 6.45) is 1.01. The van der Waals surface area contributed by atoms with Gasteiger partial charge in [0.1, 0.15) is 17.3 Å². The largest absolute Gasteiger partial charge is 0.365 e. The van der Waals surface area contributed by atoms with Gasteiger partial charge in [0.05, 0.1) is 0 Å². The number of hydrogen-bond acceptors (Lipinski definition) is 3. The van der Waals surface area contributed by atoms with Gasteiger partial charge in [-0.05, 0) is 30.7 Å². The second-order valence-electron chi connectivity index (χ2n) is 5.21. The van der Waals surface area contributed by atoms with Crippen LogP contribution in [0.25, 0.3) is 0 Å². The molecule has 0 bridgehead atoms. The van der Waals surface area contributed by atoms with Crippen LogP contribution in [0.2, 0.25) is 0 Å². The molecule has 1 heterocycles. The van der Waals surface area contributed by atoms with Crippen LogP contribution in [0, 0.1) is 11.6 Å². The third-order valence-corrected chi connectivity index (χ3v) is 4.53. The summed E-state index contributed by atoms with van der Waals surface area (Å²) in [4.78, 5) is 1.83. The molecule has 2 nitrogen and oxygen atoms in total. The number of thioether (sulfide) groups is 1. The van der Waals surface area contributed by atoms with Gasteiger partial charge in [-0.1, -0.05) is 13.8 Å². The fraction of sp³-hybridized carbons (Fsp3) is 0.600. The topological polar surface area (TPSA) is 15.3 Å². The molecule has 0 saturated carbocycles. The minimum Gasteiger partial charge on any atom is -0.365 e. The summed E-state index contributed by atoms with van der Waals surface area (Å²) >= 11 is 1.85. The standard InChI is InChI=1S/C15H22F2N2S/c1-3-4-18-9-12-7-13(16)15(14(17)8-12)19-5-6-20-11(2)10-19/h7-8,11,18H,3-6,9-10H2,1-2H3. The van der Waals surface area contributed by atoms with Crippen molar-refractivity contribution < 1.29 is 8.78 Å². The number of rotatable bonds is 5. The van der Waals surface area contributed by atoms with Gasteiger partial charge in [0.25, 0.3) is 0 Å². The minimum absolute atomic E-state index is 0.136. The van der Waals surface area contributed by atoms with Crippen LogP contribution in [-0.2, 0) is 6.54 Å². The van der Waals surface area contributed by atoms with Crippen molar-refractivity contribution in [1.29, 1.82) is 0 Å². The van der Waals surface area contributed by atoms with E-state index in [4.69, 9.17) is 0 Å². The van der Waals surface area contributed by atoms with Gasteiger partial charge >= 0.3 is 0 Å². The molecule has 1 aliphatic heterocycles. The Morgan fingerprint density at radius 3 is 2.65 bits per heavy atom. The molecule has 112 valence electrons. The number of anilines is 1. The first-order valence-corrected chi connectivity index (χ1v) is 8.22. The summed E-state index contributed by atoms with van der Waals surface area (Å²) in [5, 5.41) is 3.57. The van der Waals surface area contributed by atoms with Gasteiger partial charge in [0.2, 0.25) is 0 Å². The monoisotopic (exact) mass is 300 g/mol. The first-order valence-electron chi connectivity index (χ1n) is 7.17. The number of benzene rings is 1. The second-order valence-corrected chi connectivity index (χ2v) is 6.76. The third-order valence-electron chi connectivity index (χ3n) is 3.39. The van der Waals surface area contributed by atoms with Crippen molar-refractivity contribution >= 4 is 17.4 Å². The Morgan fingerprint density at radius 1 is 1.35 bits per heavy atom. The lowest BCUT2D eigenvalue weighted by Gasteiger charge is -2.33. The van der Waals surface area contributed by atoms with E-state index in [-0.39, 0.29) is 5.69 Å². The van der Waals surface area contributed by atoms with Gasteiger partial charge in [0.15, 0.2) is 0 Å². The molecule has 20 heavy (non-hydrogen) atoms. The van der Waals surface area contributed by atoms with Gasteiger partial charge in [-0.15, -0.1) is 0 Å². The van der Waals surface area contributed by atoms with Gasteiger partial charge in [0, 0.05) is 30.6 Å². The molecule has 1 aromatic rings. The van der Waals surface area contributed by atoms with E-state index < -0.39 is 11.6 Å². The fourth-order valence-electron chi connectivity index (χ4n) is 2.45. The molecule has 1 saturated heterocycles. The molecule has 1 atom stereocenters. The zero-order valence-corrected chi connectivity index (χ0v) is 12.9. The second kappa shape index (κ2) is 7.27. The summed E-state index contributed by atoms with van der Waals surface area (Å²) in [7, 11) is 0. The van der Waals surface area contributed by atoms with Crippen LogP contribution < -0.4 is 10.2 Å². The van der Waals surface area contributed by atoms with Gasteiger partial charge in [-0.3, -0.25) is 0 Å². The zero-order chi connectivity index (χ0) is 14.5. The van der Waals surface area contributed by atoms with Crippen molar-refractivity contribution in [3.63, 3.8) is 0 Å². The summed E-state index contributed by atoms with van der Waals surface area (Å²) in [5.74, 6) is 0.0228. The molecule has 1 aromatic carbocycles. The maximum Gasteiger partial charge on any atom is 0.149 e. The highest BCUT2D eigenvalue weighted by Gasteiger charge is 2.23. The molecule has 1 aliphatic rings. The Labute approximate surface area is 123 Å². The summed E-state index contributed by atoms with van der Waals surface area (Å²) < 4.78 is 28.4. The fourth-order valence-corrected chi connectivity index (χ4v) is 3.47. The lowest BCUT2D eigenvalue weighted by molar-refractivity contribution is 0.563. The summed E-state index contributed by atoms with van der Waals surface area (Å²) in [6.45, 7) is 6.92. The van der Waals surface area contributed by atoms with Crippen LogP contribution in [-0.4, -0.2) is 30.6 Å². The molecule has 2 rings (SSSR count). The summed E-state index contributed by atoms with van der Waals surface area (Å²) in [5.41, 5.74) is 0.799. The average molecular weight is 300 g/mol. The van der Waals surface area contributed by atoms with E-state index in [9.17, 15) is 8.78 Å². The van der Waals surface area contributed by atoms with Crippen molar-refractivity contribution in [2.75, 3.05) is 30.3 Å². The first kappa shape index (κ1) is 15.6. The predicted molar refractivity (Wildman–Crippen MR) is 82.5 cm³/mol. The average Bonchev–Trinajstić information content (AvgIpc) is 2.38. The maximum atomic E-state index is 14.2. The van der Waals surface area contributed by atoms with E-state index in [1.54, 1.807) is 0 Å². The van der Waals surface area contributed by atoms with Crippen LogP contribution in [0.5, 0.6) is 0 Å². The highest BCUT2D eigenvalue weighted by atomic mass is 32.2. The Balaban J connectivity index is 2.13. The molecule has 1 fully saturated rings. The Morgan fingerprint density at radius 2 is 2.05 bits per heavy atom. The molecule has 0 amide bonds. The predicted octanol–water partition coefficient (Wildman–Crippen LogP) is 3.41. The molecule has 1 N–H and O–H groups in total. The van der Waals surface area contributed by atoms with E-state index in [1.807, 2.05) is 16.7 Å². The smallest absolute Gasteiger partial charge is 0.149 e. The number of nitrogens with zero attached hydrogens (tertiary/aromatic N) is 1. The summed E-state index contributed by atoms with van der Waals surface area (Å²) in [6, 6.07) is 2.90. The van der Waals surface area contributed by atoms with Gasteiger partial charge in [-0.25, -0.2) is 8.78 Å². The molecular weight excluding hydrogens is 278 g/mol. The molecule has 0 radical (unpaired) electrons. The first-order chi connectivity index (χ1) is 9.61. The van der Waals surface area contributed by atoms with Crippen molar-refractivity contribution in [2.45, 2.75) is 32.1 Å². The maximum absolute atomic E-state index is 14.2. The van der Waals surface area contributed by atoms with Gasteiger partial charge in [-0.2, -0.15) is 11.8 Å². The highest BCUT2D eigenvalue weighted by Crippen LogP contribution is 2.29. The Bertz CT molecular complexity index is 430. The molecule has 0 spiro atoms. The van der Waals surface area contributed by atoms with Crippen LogP contribution in [0.4, 0.5) is 14.5 Å². The Hall–Kier alpha value is -0.810. The normalized spacial score (nSPS) is 19.4. The van der Waals surface area contributed by atoms with E-state index in [0.29, 0.717) is 30.4 Å². The van der Waals surface area contributed by atoms with Crippen LogP contribution in [0.1, 0.15) is 25.8 Å². The lowest BCUT2D eigenvalue weighted by Crippen LogP contribution is -2.37. The van der Waals surface area contributed by atoms with Crippen LogP contribution in [0.3, 0.4) is 0 Å². The van der Waals surface area contributed by atoms with Crippen molar-refractivity contribution in [3.8, 4) is 0 Å². The number of hydrogen-bond donors (Lipinski definition) is 1. The molecular formula is C15H22F2N2S. The van der Waals surface area contributed by atoms with Crippen LogP contribution in [0.15, 0.2) is 12.1 Å². The Kier molecular flexibility index (Phi) is 5.66. The molecule has 0 aromatic heterocycles.